The SMILES string of the molecule is NCCN.NCCN.NCCN.[Cl-].[Co+3]. The second-order valence-corrected chi connectivity index (χ2v) is 1.73. The van der Waals surface area contributed by atoms with Crippen LogP contribution in [-0.4, -0.2) is 39.3 Å². The van der Waals surface area contributed by atoms with Gasteiger partial charge >= 0.3 is 16.8 Å². The van der Waals surface area contributed by atoms with E-state index < -0.39 is 0 Å². The normalized spacial score (nSPS) is 6.43. The molecular formula is C6H24ClCoN6+2. The Labute approximate surface area is 103 Å². The minimum absolute atomic E-state index is 0. The van der Waals surface area contributed by atoms with Crippen molar-refractivity contribution in [2.45, 2.75) is 0 Å². The van der Waals surface area contributed by atoms with Gasteiger partial charge in [0.25, 0.3) is 0 Å². The van der Waals surface area contributed by atoms with Gasteiger partial charge in [-0.2, -0.15) is 0 Å². The maximum absolute atomic E-state index is 4.90. The Hall–Kier alpha value is 0.556. The van der Waals surface area contributed by atoms with Crippen molar-refractivity contribution in [1.82, 2.24) is 0 Å². The molecule has 0 heterocycles. The maximum atomic E-state index is 4.90. The van der Waals surface area contributed by atoms with Crippen molar-refractivity contribution in [2.75, 3.05) is 39.3 Å². The fraction of sp³-hybridized carbons (Fsp3) is 1.00. The molecule has 0 aromatic carbocycles. The number of hydrogen-bond acceptors (Lipinski definition) is 6. The van der Waals surface area contributed by atoms with Crippen LogP contribution in [0.1, 0.15) is 0 Å². The first kappa shape index (κ1) is 29.3. The Bertz CT molecular complexity index is 37.8. The van der Waals surface area contributed by atoms with Crippen LogP contribution < -0.4 is 46.8 Å². The molecule has 0 bridgehead atoms. The van der Waals surface area contributed by atoms with Gasteiger partial charge < -0.3 is 46.8 Å². The Morgan fingerprint density at radius 2 is 0.500 bits per heavy atom. The third-order valence-electron chi connectivity index (χ3n) is 0.500. The first-order valence-electron chi connectivity index (χ1n) is 3.95. The fourth-order valence-electron chi connectivity index (χ4n) is 0. The first-order valence-corrected chi connectivity index (χ1v) is 3.95. The minimum Gasteiger partial charge on any atom is -1.00 e. The van der Waals surface area contributed by atoms with E-state index in [1.165, 1.54) is 0 Å². The van der Waals surface area contributed by atoms with E-state index in [0.717, 1.165) is 0 Å². The molecule has 12 N–H and O–H groups in total. The Balaban J connectivity index is -0.0000000270. The van der Waals surface area contributed by atoms with E-state index in [1.807, 2.05) is 0 Å². The molecule has 0 saturated carbocycles. The van der Waals surface area contributed by atoms with Crippen LogP contribution in [0.5, 0.6) is 0 Å². The molecule has 0 aliphatic rings. The molecule has 0 aliphatic carbocycles. The molecule has 0 saturated heterocycles. The van der Waals surface area contributed by atoms with Gasteiger partial charge in [-0.05, 0) is 0 Å². The van der Waals surface area contributed by atoms with Gasteiger partial charge in [0, 0.05) is 39.3 Å². The molecule has 14 heavy (non-hydrogen) atoms. The van der Waals surface area contributed by atoms with E-state index in [-0.39, 0.29) is 29.2 Å². The monoisotopic (exact) mass is 274 g/mol. The molecule has 0 rings (SSSR count). The number of nitrogens with two attached hydrogens (primary N) is 6. The van der Waals surface area contributed by atoms with E-state index in [4.69, 9.17) is 34.4 Å². The Morgan fingerprint density at radius 1 is 0.429 bits per heavy atom. The van der Waals surface area contributed by atoms with E-state index in [1.54, 1.807) is 0 Å². The van der Waals surface area contributed by atoms with Crippen molar-refractivity contribution in [3.63, 3.8) is 0 Å². The van der Waals surface area contributed by atoms with Crippen LogP contribution >= 0.6 is 0 Å². The smallest absolute Gasteiger partial charge is 1.00 e. The summed E-state index contributed by atoms with van der Waals surface area (Å²) in [6.45, 7) is 3.58. The predicted molar refractivity (Wildman–Crippen MR) is 54.3 cm³/mol. The molecule has 6 nitrogen and oxygen atoms in total. The molecule has 0 amide bonds. The summed E-state index contributed by atoms with van der Waals surface area (Å²) >= 11 is 0. The van der Waals surface area contributed by atoms with Crippen molar-refractivity contribution in [3.05, 3.63) is 0 Å². The molecule has 8 heteroatoms. The van der Waals surface area contributed by atoms with Crippen LogP contribution in [0.4, 0.5) is 0 Å². The predicted octanol–water partition coefficient (Wildman–Crippen LogP) is -6.29. The summed E-state index contributed by atoms with van der Waals surface area (Å²) in [5, 5.41) is 0. The van der Waals surface area contributed by atoms with Crippen LogP contribution in [0.25, 0.3) is 0 Å². The molecule has 0 radical (unpaired) electrons. The van der Waals surface area contributed by atoms with Crippen LogP contribution in [0.3, 0.4) is 0 Å². The zero-order valence-corrected chi connectivity index (χ0v) is 10.2. The van der Waals surface area contributed by atoms with Gasteiger partial charge in [0.1, 0.15) is 0 Å². The molecule has 0 atom stereocenters. The molecular weight excluding hydrogens is 250 g/mol. The Morgan fingerprint density at radius 3 is 0.500 bits per heavy atom. The molecule has 0 fully saturated rings. The number of hydrogen-bond donors (Lipinski definition) is 6. The van der Waals surface area contributed by atoms with Crippen molar-refractivity contribution < 1.29 is 29.2 Å². The molecule has 0 aliphatic heterocycles. The summed E-state index contributed by atoms with van der Waals surface area (Å²) in [7, 11) is 0. The zero-order valence-electron chi connectivity index (χ0n) is 8.42. The van der Waals surface area contributed by atoms with E-state index in [0.29, 0.717) is 39.3 Å². The maximum Gasteiger partial charge on any atom is 3.00 e. The van der Waals surface area contributed by atoms with Gasteiger partial charge in [-0.3, -0.25) is 0 Å². The second-order valence-electron chi connectivity index (χ2n) is 1.73. The van der Waals surface area contributed by atoms with Gasteiger partial charge in [0.2, 0.25) is 0 Å². The van der Waals surface area contributed by atoms with Gasteiger partial charge in [-0.25, -0.2) is 0 Å². The molecule has 0 unspecified atom stereocenters. The van der Waals surface area contributed by atoms with Crippen LogP contribution in [0, 0.1) is 0 Å². The number of rotatable bonds is 3. The summed E-state index contributed by atoms with van der Waals surface area (Å²) in [5.74, 6) is 0. The summed E-state index contributed by atoms with van der Waals surface area (Å²) in [6.07, 6.45) is 0. The molecule has 92 valence electrons. The van der Waals surface area contributed by atoms with Crippen molar-refractivity contribution in [3.8, 4) is 0 Å². The topological polar surface area (TPSA) is 156 Å². The van der Waals surface area contributed by atoms with Crippen molar-refractivity contribution in [2.24, 2.45) is 34.4 Å². The first-order chi connectivity index (χ1) is 5.74. The fourth-order valence-corrected chi connectivity index (χ4v) is 0. The van der Waals surface area contributed by atoms with Crippen LogP contribution in [-0.2, 0) is 16.8 Å². The van der Waals surface area contributed by atoms with Crippen LogP contribution in [0.15, 0.2) is 0 Å². The summed E-state index contributed by atoms with van der Waals surface area (Å²) in [4.78, 5) is 0. The van der Waals surface area contributed by atoms with Gasteiger partial charge in [-0.1, -0.05) is 0 Å². The van der Waals surface area contributed by atoms with E-state index in [2.05, 4.69) is 0 Å². The average Bonchev–Trinajstić information content (AvgIpc) is 2.18. The van der Waals surface area contributed by atoms with E-state index >= 15 is 0 Å². The third-order valence-corrected chi connectivity index (χ3v) is 0.500. The largest absolute Gasteiger partial charge is 3.00 e. The van der Waals surface area contributed by atoms with Gasteiger partial charge in [-0.15, -0.1) is 0 Å². The minimum atomic E-state index is 0. The third kappa shape index (κ3) is 133. The van der Waals surface area contributed by atoms with Gasteiger partial charge in [0.05, 0.1) is 0 Å². The zero-order chi connectivity index (χ0) is 10.2. The quantitative estimate of drug-likeness (QED) is 0.301. The summed E-state index contributed by atoms with van der Waals surface area (Å²) < 4.78 is 0. The molecule has 0 spiro atoms. The summed E-state index contributed by atoms with van der Waals surface area (Å²) in [6, 6.07) is 0. The second kappa shape index (κ2) is 49.7. The molecule has 0 aromatic rings. The van der Waals surface area contributed by atoms with Crippen molar-refractivity contribution in [1.29, 1.82) is 0 Å². The molecule has 0 aromatic heterocycles. The number of halogens is 1. The van der Waals surface area contributed by atoms with Crippen LogP contribution in [0.2, 0.25) is 0 Å². The van der Waals surface area contributed by atoms with E-state index in [9.17, 15) is 0 Å². The standard InChI is InChI=1S/3C2H8N2.ClH.Co/c3*3-1-2-4;;/h3*1-4H2;1H;/q;;;;+3/p-1. The summed E-state index contributed by atoms with van der Waals surface area (Å²) in [5.41, 5.74) is 29.4. The Kier molecular flexibility index (Phi) is 104. The van der Waals surface area contributed by atoms with Crippen molar-refractivity contribution >= 4 is 0 Å². The van der Waals surface area contributed by atoms with Gasteiger partial charge in [0.15, 0.2) is 0 Å². The average molecular weight is 275 g/mol.